The summed E-state index contributed by atoms with van der Waals surface area (Å²) < 4.78 is 26.9. The number of thiophene rings is 1. The predicted molar refractivity (Wildman–Crippen MR) is 76.5 cm³/mol. The van der Waals surface area contributed by atoms with Crippen molar-refractivity contribution in [3.05, 3.63) is 51.7 Å². The summed E-state index contributed by atoms with van der Waals surface area (Å²) >= 11 is 1.48. The fraction of sp³-hybridized carbons (Fsp3) is 0.154. The van der Waals surface area contributed by atoms with Crippen molar-refractivity contribution in [1.29, 1.82) is 0 Å². The number of hydrogen-bond acceptors (Lipinski definition) is 4. The van der Waals surface area contributed by atoms with Crippen molar-refractivity contribution in [2.24, 2.45) is 0 Å². The second-order valence-corrected chi connectivity index (χ2v) is 6.71. The van der Waals surface area contributed by atoms with Crippen LogP contribution in [-0.2, 0) is 16.6 Å². The summed E-state index contributed by atoms with van der Waals surface area (Å²) in [5.74, 6) is -1.14. The molecule has 2 N–H and O–H groups in total. The monoisotopic (exact) mass is 311 g/mol. The zero-order chi connectivity index (χ0) is 14.8. The highest BCUT2D eigenvalue weighted by atomic mass is 32.2. The molecule has 2 rings (SSSR count). The number of sulfonamides is 1. The highest BCUT2D eigenvalue weighted by Crippen LogP contribution is 2.19. The Hall–Kier alpha value is -1.70. The first-order valence-corrected chi connectivity index (χ1v) is 8.18. The van der Waals surface area contributed by atoms with E-state index in [1.54, 1.807) is 0 Å². The summed E-state index contributed by atoms with van der Waals surface area (Å²) in [4.78, 5) is 11.0. The molecule has 0 aliphatic heterocycles. The third-order valence-electron chi connectivity index (χ3n) is 2.85. The van der Waals surface area contributed by atoms with Gasteiger partial charge >= 0.3 is 5.97 Å². The number of carboxylic acid groups (broad SMARTS) is 1. The van der Waals surface area contributed by atoms with E-state index < -0.39 is 16.0 Å². The number of nitrogens with one attached hydrogen (secondary N) is 1. The predicted octanol–water partition coefficient (Wildman–Crippen LogP) is 2.23. The highest BCUT2D eigenvalue weighted by molar-refractivity contribution is 7.89. The molecule has 0 bridgehead atoms. The van der Waals surface area contributed by atoms with E-state index in [0.29, 0.717) is 0 Å². The van der Waals surface area contributed by atoms with Gasteiger partial charge in [-0.3, -0.25) is 0 Å². The number of aromatic carboxylic acids is 1. The minimum Gasteiger partial charge on any atom is -0.478 e. The van der Waals surface area contributed by atoms with Gasteiger partial charge in [0.05, 0.1) is 10.5 Å². The second-order valence-electron chi connectivity index (χ2n) is 4.19. The first-order valence-electron chi connectivity index (χ1n) is 5.75. The van der Waals surface area contributed by atoms with Crippen molar-refractivity contribution in [3.63, 3.8) is 0 Å². The van der Waals surface area contributed by atoms with Gasteiger partial charge < -0.3 is 5.11 Å². The first-order chi connectivity index (χ1) is 9.42. The number of benzene rings is 1. The maximum atomic E-state index is 12.2. The molecule has 0 aliphatic rings. The molecule has 1 aromatic carbocycles. The molecule has 0 saturated carbocycles. The lowest BCUT2D eigenvalue weighted by atomic mass is 10.1. The van der Waals surface area contributed by atoms with Crippen LogP contribution in [0, 0.1) is 6.92 Å². The molecule has 1 aromatic heterocycles. The Morgan fingerprint density at radius 2 is 2.10 bits per heavy atom. The topological polar surface area (TPSA) is 83.5 Å². The Morgan fingerprint density at radius 1 is 1.35 bits per heavy atom. The van der Waals surface area contributed by atoms with Crippen molar-refractivity contribution in [2.75, 3.05) is 0 Å². The van der Waals surface area contributed by atoms with Gasteiger partial charge in [0, 0.05) is 6.54 Å². The normalized spacial score (nSPS) is 11.4. The second kappa shape index (κ2) is 5.74. The van der Waals surface area contributed by atoms with Gasteiger partial charge in [-0.2, -0.15) is 11.3 Å². The molecule has 0 atom stereocenters. The summed E-state index contributed by atoms with van der Waals surface area (Å²) in [7, 11) is -3.73. The molecule has 2 aromatic rings. The minimum atomic E-state index is -3.73. The van der Waals surface area contributed by atoms with Crippen LogP contribution < -0.4 is 4.72 Å². The van der Waals surface area contributed by atoms with Crippen LogP contribution >= 0.6 is 11.3 Å². The van der Waals surface area contributed by atoms with E-state index in [2.05, 4.69) is 4.72 Å². The summed E-state index contributed by atoms with van der Waals surface area (Å²) in [5.41, 5.74) is 1.09. The van der Waals surface area contributed by atoms with E-state index in [1.807, 2.05) is 16.8 Å². The van der Waals surface area contributed by atoms with E-state index >= 15 is 0 Å². The molecule has 0 aliphatic carbocycles. The number of rotatable bonds is 5. The molecule has 0 radical (unpaired) electrons. The SMILES string of the molecule is Cc1c(C(=O)O)cccc1S(=O)(=O)NCc1ccsc1. The Kier molecular flexibility index (Phi) is 4.22. The van der Waals surface area contributed by atoms with Crippen LogP contribution in [0.5, 0.6) is 0 Å². The summed E-state index contributed by atoms with van der Waals surface area (Å²) in [6.07, 6.45) is 0. The fourth-order valence-electron chi connectivity index (χ4n) is 1.79. The van der Waals surface area contributed by atoms with Gasteiger partial charge in [-0.25, -0.2) is 17.9 Å². The summed E-state index contributed by atoms with van der Waals surface area (Å²) in [6.45, 7) is 1.67. The van der Waals surface area contributed by atoms with Gasteiger partial charge in [0.15, 0.2) is 0 Å². The molecule has 20 heavy (non-hydrogen) atoms. The van der Waals surface area contributed by atoms with Crippen LogP contribution in [0.25, 0.3) is 0 Å². The van der Waals surface area contributed by atoms with Gasteiger partial charge in [0.1, 0.15) is 0 Å². The fourth-order valence-corrected chi connectivity index (χ4v) is 3.74. The van der Waals surface area contributed by atoms with Gasteiger partial charge in [0.2, 0.25) is 10.0 Å². The molecule has 5 nitrogen and oxygen atoms in total. The van der Waals surface area contributed by atoms with Crippen molar-refractivity contribution < 1.29 is 18.3 Å². The van der Waals surface area contributed by atoms with E-state index in [0.717, 1.165) is 5.56 Å². The lowest BCUT2D eigenvalue weighted by molar-refractivity contribution is 0.0696. The van der Waals surface area contributed by atoms with Crippen molar-refractivity contribution in [2.45, 2.75) is 18.4 Å². The highest BCUT2D eigenvalue weighted by Gasteiger charge is 2.20. The average Bonchev–Trinajstić information content (AvgIpc) is 2.89. The Labute approximate surface area is 120 Å². The van der Waals surface area contributed by atoms with Crippen LogP contribution in [0.15, 0.2) is 39.9 Å². The molecule has 0 amide bonds. The van der Waals surface area contributed by atoms with Gasteiger partial charge in [-0.15, -0.1) is 0 Å². The Balaban J connectivity index is 2.30. The van der Waals surface area contributed by atoms with Crippen LogP contribution in [0.3, 0.4) is 0 Å². The van der Waals surface area contributed by atoms with Gasteiger partial charge in [-0.1, -0.05) is 6.07 Å². The quantitative estimate of drug-likeness (QED) is 0.887. The molecule has 0 saturated heterocycles. The lowest BCUT2D eigenvalue weighted by Gasteiger charge is -2.10. The van der Waals surface area contributed by atoms with Crippen LogP contribution in [-0.4, -0.2) is 19.5 Å². The minimum absolute atomic E-state index is 0.00682. The summed E-state index contributed by atoms with van der Waals surface area (Å²) in [6, 6.07) is 6.04. The zero-order valence-corrected chi connectivity index (χ0v) is 12.3. The Bertz CT molecular complexity index is 721. The number of carbonyl (C=O) groups is 1. The molecule has 106 valence electrons. The number of hydrogen-bond donors (Lipinski definition) is 2. The van der Waals surface area contributed by atoms with Crippen LogP contribution in [0.2, 0.25) is 0 Å². The third-order valence-corrected chi connectivity index (χ3v) is 5.13. The summed E-state index contributed by atoms with van der Waals surface area (Å²) in [5, 5.41) is 12.7. The van der Waals surface area contributed by atoms with Crippen molar-refractivity contribution in [1.82, 2.24) is 4.72 Å². The standard InChI is InChI=1S/C13H13NO4S2/c1-9-11(13(15)16)3-2-4-12(9)20(17,18)14-7-10-5-6-19-8-10/h2-6,8,14H,7H2,1H3,(H,15,16). The van der Waals surface area contributed by atoms with Crippen LogP contribution in [0.1, 0.15) is 21.5 Å². The smallest absolute Gasteiger partial charge is 0.335 e. The molecule has 0 unspecified atom stereocenters. The maximum absolute atomic E-state index is 12.2. The van der Waals surface area contributed by atoms with Gasteiger partial charge in [-0.05, 0) is 47.0 Å². The molecule has 7 heteroatoms. The Morgan fingerprint density at radius 3 is 2.70 bits per heavy atom. The van der Waals surface area contributed by atoms with E-state index in [9.17, 15) is 13.2 Å². The van der Waals surface area contributed by atoms with Crippen molar-refractivity contribution >= 4 is 27.3 Å². The molecule has 0 fully saturated rings. The first kappa shape index (κ1) is 14.7. The van der Waals surface area contributed by atoms with E-state index in [-0.39, 0.29) is 22.6 Å². The van der Waals surface area contributed by atoms with Crippen molar-refractivity contribution in [3.8, 4) is 0 Å². The van der Waals surface area contributed by atoms with Gasteiger partial charge in [0.25, 0.3) is 0 Å². The number of carboxylic acids is 1. The largest absolute Gasteiger partial charge is 0.478 e. The zero-order valence-electron chi connectivity index (χ0n) is 10.7. The molecule has 1 heterocycles. The van der Waals surface area contributed by atoms with Crippen LogP contribution in [0.4, 0.5) is 0 Å². The third kappa shape index (κ3) is 3.06. The molecular formula is C13H13NO4S2. The van der Waals surface area contributed by atoms with E-state index in [1.165, 1.54) is 36.5 Å². The van der Waals surface area contributed by atoms with E-state index in [4.69, 9.17) is 5.11 Å². The lowest BCUT2D eigenvalue weighted by Crippen LogP contribution is -2.24. The molecule has 0 spiro atoms. The molecular weight excluding hydrogens is 298 g/mol. The maximum Gasteiger partial charge on any atom is 0.335 e. The average molecular weight is 311 g/mol.